The average molecular weight is 293 g/mol. The zero-order valence-electron chi connectivity index (χ0n) is 9.85. The Labute approximate surface area is 121 Å². The molecule has 0 fully saturated rings. The standard InChI is InChI=1S/C15H10Cl2O2/c16-12-8-13(17)10-14(9-12)19-15(18)7-6-11-4-2-1-3-5-11/h1-10H/b7-6+. The van der Waals surface area contributed by atoms with Gasteiger partial charge < -0.3 is 4.74 Å². The predicted molar refractivity (Wildman–Crippen MR) is 77.6 cm³/mol. The second kappa shape index (κ2) is 6.41. The maximum absolute atomic E-state index is 11.6. The molecule has 2 nitrogen and oxygen atoms in total. The molecule has 19 heavy (non-hydrogen) atoms. The Morgan fingerprint density at radius 1 is 1.00 bits per heavy atom. The summed E-state index contributed by atoms with van der Waals surface area (Å²) in [6.45, 7) is 0. The van der Waals surface area contributed by atoms with Gasteiger partial charge in [0.2, 0.25) is 0 Å². The monoisotopic (exact) mass is 292 g/mol. The summed E-state index contributed by atoms with van der Waals surface area (Å²) in [5.74, 6) is -0.164. The summed E-state index contributed by atoms with van der Waals surface area (Å²) in [6.07, 6.45) is 3.03. The van der Waals surface area contributed by atoms with E-state index in [-0.39, 0.29) is 0 Å². The Bertz CT molecular complexity index is 587. The molecule has 4 heteroatoms. The number of ether oxygens (including phenoxy) is 1. The molecule has 0 aliphatic rings. The number of halogens is 2. The van der Waals surface area contributed by atoms with E-state index in [1.807, 2.05) is 30.3 Å². The highest BCUT2D eigenvalue weighted by molar-refractivity contribution is 6.34. The fourth-order valence-electron chi connectivity index (χ4n) is 1.47. The van der Waals surface area contributed by atoms with Crippen LogP contribution in [-0.2, 0) is 4.79 Å². The highest BCUT2D eigenvalue weighted by Gasteiger charge is 2.03. The minimum atomic E-state index is -0.484. The van der Waals surface area contributed by atoms with Gasteiger partial charge in [-0.05, 0) is 29.8 Å². The molecule has 0 unspecified atom stereocenters. The maximum atomic E-state index is 11.6. The van der Waals surface area contributed by atoms with E-state index < -0.39 is 5.97 Å². The fourth-order valence-corrected chi connectivity index (χ4v) is 1.97. The van der Waals surface area contributed by atoms with Crippen molar-refractivity contribution in [3.63, 3.8) is 0 Å². The van der Waals surface area contributed by atoms with Crippen molar-refractivity contribution in [1.29, 1.82) is 0 Å². The highest BCUT2D eigenvalue weighted by Crippen LogP contribution is 2.24. The summed E-state index contributed by atoms with van der Waals surface area (Å²) in [7, 11) is 0. The van der Waals surface area contributed by atoms with Crippen LogP contribution in [-0.4, -0.2) is 5.97 Å². The summed E-state index contributed by atoms with van der Waals surface area (Å²) >= 11 is 11.6. The van der Waals surface area contributed by atoms with Gasteiger partial charge in [-0.3, -0.25) is 0 Å². The lowest BCUT2D eigenvalue weighted by molar-refractivity contribution is -0.128. The van der Waals surface area contributed by atoms with Crippen molar-refractivity contribution in [2.24, 2.45) is 0 Å². The lowest BCUT2D eigenvalue weighted by atomic mass is 10.2. The molecule has 0 radical (unpaired) electrons. The Hall–Kier alpha value is -1.77. The first-order valence-corrected chi connectivity index (χ1v) is 6.30. The third-order valence-electron chi connectivity index (χ3n) is 2.27. The molecule has 0 aliphatic carbocycles. The molecule has 0 amide bonds. The fraction of sp³-hybridized carbons (Fsp3) is 0. The smallest absolute Gasteiger partial charge is 0.336 e. The van der Waals surface area contributed by atoms with Crippen LogP contribution < -0.4 is 4.74 Å². The SMILES string of the molecule is O=C(/C=C/c1ccccc1)Oc1cc(Cl)cc(Cl)c1. The van der Waals surface area contributed by atoms with E-state index in [4.69, 9.17) is 27.9 Å². The van der Waals surface area contributed by atoms with Gasteiger partial charge in [0, 0.05) is 16.1 Å². The van der Waals surface area contributed by atoms with Crippen molar-refractivity contribution in [2.45, 2.75) is 0 Å². The number of benzene rings is 2. The molecule has 0 aromatic heterocycles. The number of carbonyl (C=O) groups excluding carboxylic acids is 1. The summed E-state index contributed by atoms with van der Waals surface area (Å²) in [5.41, 5.74) is 0.920. The molecule has 0 N–H and O–H groups in total. The first kappa shape index (κ1) is 13.7. The molecular formula is C15H10Cl2O2. The topological polar surface area (TPSA) is 26.3 Å². The van der Waals surface area contributed by atoms with E-state index in [0.717, 1.165) is 5.56 Å². The Balaban J connectivity index is 2.03. The second-order valence-electron chi connectivity index (χ2n) is 3.77. The Morgan fingerprint density at radius 2 is 1.63 bits per heavy atom. The van der Waals surface area contributed by atoms with E-state index in [1.54, 1.807) is 12.1 Å². The molecule has 96 valence electrons. The molecule has 0 aliphatic heterocycles. The van der Waals surface area contributed by atoms with Gasteiger partial charge in [0.25, 0.3) is 0 Å². The van der Waals surface area contributed by atoms with E-state index in [0.29, 0.717) is 15.8 Å². The van der Waals surface area contributed by atoms with Crippen molar-refractivity contribution in [1.82, 2.24) is 0 Å². The van der Waals surface area contributed by atoms with E-state index in [9.17, 15) is 4.79 Å². The van der Waals surface area contributed by atoms with Crippen molar-refractivity contribution in [3.8, 4) is 5.75 Å². The molecule has 0 atom stereocenters. The molecule has 2 aromatic rings. The first-order valence-electron chi connectivity index (χ1n) is 5.54. The van der Waals surface area contributed by atoms with Crippen LogP contribution in [0.5, 0.6) is 5.75 Å². The predicted octanol–water partition coefficient (Wildman–Crippen LogP) is 4.61. The molecule has 0 heterocycles. The summed E-state index contributed by atoms with van der Waals surface area (Å²) < 4.78 is 5.10. The van der Waals surface area contributed by atoms with Crippen molar-refractivity contribution in [2.75, 3.05) is 0 Å². The summed E-state index contributed by atoms with van der Waals surface area (Å²) in [4.78, 5) is 11.6. The molecular weight excluding hydrogens is 283 g/mol. The number of carbonyl (C=O) groups is 1. The van der Waals surface area contributed by atoms with Gasteiger partial charge in [0.1, 0.15) is 5.75 Å². The minimum absolute atomic E-state index is 0.320. The number of hydrogen-bond donors (Lipinski definition) is 0. The molecule has 0 spiro atoms. The van der Waals surface area contributed by atoms with Crippen LogP contribution in [0.15, 0.2) is 54.6 Å². The first-order chi connectivity index (χ1) is 9.13. The molecule has 2 rings (SSSR count). The highest BCUT2D eigenvalue weighted by atomic mass is 35.5. The van der Waals surface area contributed by atoms with Crippen molar-refractivity contribution < 1.29 is 9.53 Å². The van der Waals surface area contributed by atoms with Crippen molar-refractivity contribution >= 4 is 35.2 Å². The van der Waals surface area contributed by atoms with Crippen LogP contribution in [0.4, 0.5) is 0 Å². The minimum Gasteiger partial charge on any atom is -0.423 e. The molecule has 0 saturated heterocycles. The zero-order chi connectivity index (χ0) is 13.7. The number of rotatable bonds is 3. The van der Waals surface area contributed by atoms with E-state index in [2.05, 4.69) is 0 Å². The lowest BCUT2D eigenvalue weighted by Crippen LogP contribution is -2.03. The number of hydrogen-bond acceptors (Lipinski definition) is 2. The van der Waals surface area contributed by atoms with E-state index >= 15 is 0 Å². The quantitative estimate of drug-likeness (QED) is 0.469. The maximum Gasteiger partial charge on any atom is 0.336 e. The molecule has 2 aromatic carbocycles. The van der Waals surface area contributed by atoms with Gasteiger partial charge >= 0.3 is 5.97 Å². The van der Waals surface area contributed by atoms with Crippen LogP contribution in [0.25, 0.3) is 6.08 Å². The second-order valence-corrected chi connectivity index (χ2v) is 4.64. The normalized spacial score (nSPS) is 10.6. The zero-order valence-corrected chi connectivity index (χ0v) is 11.4. The van der Waals surface area contributed by atoms with Crippen molar-refractivity contribution in [3.05, 3.63) is 70.2 Å². The van der Waals surface area contributed by atoms with E-state index in [1.165, 1.54) is 18.2 Å². The van der Waals surface area contributed by atoms with Crippen LogP contribution in [0.3, 0.4) is 0 Å². The van der Waals surface area contributed by atoms with Gasteiger partial charge in [-0.25, -0.2) is 4.79 Å². The van der Waals surface area contributed by atoms with Crippen LogP contribution in [0.2, 0.25) is 10.0 Å². The largest absolute Gasteiger partial charge is 0.423 e. The van der Waals surface area contributed by atoms with Gasteiger partial charge in [0.05, 0.1) is 0 Å². The van der Waals surface area contributed by atoms with Crippen LogP contribution in [0, 0.1) is 0 Å². The molecule has 0 bridgehead atoms. The molecule has 0 saturated carbocycles. The van der Waals surface area contributed by atoms with Crippen LogP contribution in [0.1, 0.15) is 5.56 Å². The number of esters is 1. The third kappa shape index (κ3) is 4.43. The van der Waals surface area contributed by atoms with Gasteiger partial charge in [-0.15, -0.1) is 0 Å². The Morgan fingerprint density at radius 3 is 2.26 bits per heavy atom. The van der Waals surface area contributed by atoms with Gasteiger partial charge in [0.15, 0.2) is 0 Å². The third-order valence-corrected chi connectivity index (χ3v) is 2.70. The van der Waals surface area contributed by atoms with Crippen LogP contribution >= 0.6 is 23.2 Å². The Kier molecular flexibility index (Phi) is 4.61. The summed E-state index contributed by atoms with van der Waals surface area (Å²) in [5, 5.41) is 0.838. The van der Waals surface area contributed by atoms with Gasteiger partial charge in [-0.1, -0.05) is 53.5 Å². The van der Waals surface area contributed by atoms with Gasteiger partial charge in [-0.2, -0.15) is 0 Å². The lowest BCUT2D eigenvalue weighted by Gasteiger charge is -2.02. The average Bonchev–Trinajstić information content (AvgIpc) is 2.36. The summed E-state index contributed by atoms with van der Waals surface area (Å²) in [6, 6.07) is 14.1.